The van der Waals surface area contributed by atoms with E-state index < -0.39 is 0 Å². The van der Waals surface area contributed by atoms with Crippen LogP contribution in [0.4, 0.5) is 11.6 Å². The van der Waals surface area contributed by atoms with E-state index in [4.69, 9.17) is 0 Å². The van der Waals surface area contributed by atoms with Gasteiger partial charge in [0.05, 0.1) is 6.54 Å². The van der Waals surface area contributed by atoms with Gasteiger partial charge in [-0.1, -0.05) is 13.8 Å². The maximum absolute atomic E-state index is 4.56. The number of nitrogens with one attached hydrogen (secondary N) is 2. The predicted octanol–water partition coefficient (Wildman–Crippen LogP) is 2.60. The summed E-state index contributed by atoms with van der Waals surface area (Å²) in [6.45, 7) is 5.85. The maximum Gasteiger partial charge on any atom is 0.133 e. The monoisotopic (exact) mass is 288 g/mol. The number of hydrogen-bond donors (Lipinski definition) is 2. The first-order chi connectivity index (χ1) is 10.2. The third-order valence-corrected chi connectivity index (χ3v) is 3.15. The van der Waals surface area contributed by atoms with Crippen LogP contribution in [0.15, 0.2) is 18.5 Å². The largest absolute Gasteiger partial charge is 0.370 e. The van der Waals surface area contributed by atoms with Gasteiger partial charge in [0, 0.05) is 38.5 Å². The van der Waals surface area contributed by atoms with Crippen LogP contribution in [0, 0.1) is 0 Å². The van der Waals surface area contributed by atoms with E-state index in [9.17, 15) is 0 Å². The lowest BCUT2D eigenvalue weighted by molar-refractivity contribution is 0.802. The lowest BCUT2D eigenvalue weighted by Gasteiger charge is -2.11. The highest BCUT2D eigenvalue weighted by Gasteiger charge is 2.05. The van der Waals surface area contributed by atoms with Crippen LogP contribution in [0.1, 0.15) is 38.3 Å². The van der Waals surface area contributed by atoms with Crippen LogP contribution in [0.5, 0.6) is 0 Å². The third-order valence-electron chi connectivity index (χ3n) is 3.15. The van der Waals surface area contributed by atoms with E-state index in [1.165, 1.54) is 0 Å². The number of rotatable bonds is 8. The molecule has 2 aromatic rings. The Kier molecular flexibility index (Phi) is 5.54. The second-order valence-corrected chi connectivity index (χ2v) is 5.04. The molecular formula is C15H24N6. The SMILES string of the molecule is CCCNc1cc(NCc2nccn2C)nc(CCC)n1. The summed E-state index contributed by atoms with van der Waals surface area (Å²) < 4.78 is 2.00. The molecule has 0 unspecified atom stereocenters. The Bertz CT molecular complexity index is 563. The first-order valence-electron chi connectivity index (χ1n) is 7.54. The van der Waals surface area contributed by atoms with E-state index in [0.717, 1.165) is 49.1 Å². The minimum absolute atomic E-state index is 0.652. The molecule has 2 aromatic heterocycles. The molecule has 0 radical (unpaired) electrons. The van der Waals surface area contributed by atoms with Crippen LogP contribution < -0.4 is 10.6 Å². The first-order valence-corrected chi connectivity index (χ1v) is 7.54. The molecule has 0 bridgehead atoms. The maximum atomic E-state index is 4.56. The fourth-order valence-electron chi connectivity index (χ4n) is 2.00. The second-order valence-electron chi connectivity index (χ2n) is 5.04. The van der Waals surface area contributed by atoms with Gasteiger partial charge < -0.3 is 15.2 Å². The zero-order chi connectivity index (χ0) is 15.1. The van der Waals surface area contributed by atoms with Crippen molar-refractivity contribution in [3.8, 4) is 0 Å². The van der Waals surface area contributed by atoms with Crippen LogP contribution in [0.25, 0.3) is 0 Å². The lowest BCUT2D eigenvalue weighted by atomic mass is 10.3. The zero-order valence-corrected chi connectivity index (χ0v) is 13.1. The summed E-state index contributed by atoms with van der Waals surface area (Å²) in [4.78, 5) is 13.4. The van der Waals surface area contributed by atoms with Crippen molar-refractivity contribution in [3.63, 3.8) is 0 Å². The van der Waals surface area contributed by atoms with Gasteiger partial charge in [-0.15, -0.1) is 0 Å². The number of nitrogens with zero attached hydrogens (tertiary/aromatic N) is 4. The van der Waals surface area contributed by atoms with Crippen molar-refractivity contribution >= 4 is 11.6 Å². The van der Waals surface area contributed by atoms with E-state index >= 15 is 0 Å². The highest BCUT2D eigenvalue weighted by atomic mass is 15.1. The van der Waals surface area contributed by atoms with Gasteiger partial charge in [-0.05, 0) is 12.8 Å². The van der Waals surface area contributed by atoms with Gasteiger partial charge >= 0.3 is 0 Å². The van der Waals surface area contributed by atoms with Crippen molar-refractivity contribution in [1.82, 2.24) is 19.5 Å². The smallest absolute Gasteiger partial charge is 0.133 e. The second kappa shape index (κ2) is 7.61. The highest BCUT2D eigenvalue weighted by Crippen LogP contribution is 2.13. The summed E-state index contributed by atoms with van der Waals surface area (Å²) in [6.07, 6.45) is 6.74. The van der Waals surface area contributed by atoms with Gasteiger partial charge in [0.1, 0.15) is 23.3 Å². The summed E-state index contributed by atoms with van der Waals surface area (Å²) in [6, 6.07) is 1.96. The number of imidazole rings is 1. The summed E-state index contributed by atoms with van der Waals surface area (Å²) in [7, 11) is 1.99. The predicted molar refractivity (Wildman–Crippen MR) is 85.3 cm³/mol. The molecule has 0 spiro atoms. The quantitative estimate of drug-likeness (QED) is 0.781. The van der Waals surface area contributed by atoms with Crippen molar-refractivity contribution in [1.29, 1.82) is 0 Å². The molecule has 6 heteroatoms. The van der Waals surface area contributed by atoms with Crippen LogP contribution in [-0.2, 0) is 20.0 Å². The molecule has 6 nitrogen and oxygen atoms in total. The molecule has 2 heterocycles. The van der Waals surface area contributed by atoms with E-state index in [0.29, 0.717) is 6.54 Å². The molecule has 21 heavy (non-hydrogen) atoms. The van der Waals surface area contributed by atoms with Crippen molar-refractivity contribution in [3.05, 3.63) is 30.1 Å². The molecule has 2 rings (SSSR count). The van der Waals surface area contributed by atoms with Crippen LogP contribution >= 0.6 is 0 Å². The van der Waals surface area contributed by atoms with Gasteiger partial charge in [0.15, 0.2) is 0 Å². The molecule has 0 saturated heterocycles. The molecule has 0 aliphatic rings. The first kappa shape index (κ1) is 15.3. The zero-order valence-electron chi connectivity index (χ0n) is 13.1. The number of anilines is 2. The molecule has 0 amide bonds. The van der Waals surface area contributed by atoms with Gasteiger partial charge in [-0.25, -0.2) is 15.0 Å². The molecular weight excluding hydrogens is 264 g/mol. The molecule has 0 aliphatic heterocycles. The van der Waals surface area contributed by atoms with Gasteiger partial charge in [-0.3, -0.25) is 0 Å². The third kappa shape index (κ3) is 4.44. The fourth-order valence-corrected chi connectivity index (χ4v) is 2.00. The Morgan fingerprint density at radius 2 is 1.86 bits per heavy atom. The Morgan fingerprint density at radius 1 is 1.10 bits per heavy atom. The van der Waals surface area contributed by atoms with Crippen LogP contribution in [0.2, 0.25) is 0 Å². The highest BCUT2D eigenvalue weighted by molar-refractivity contribution is 5.47. The summed E-state index contributed by atoms with van der Waals surface area (Å²) in [5.41, 5.74) is 0. The van der Waals surface area contributed by atoms with Crippen molar-refractivity contribution < 1.29 is 0 Å². The molecule has 0 fully saturated rings. The Balaban J connectivity index is 2.09. The van der Waals surface area contributed by atoms with Gasteiger partial charge in [0.25, 0.3) is 0 Å². The van der Waals surface area contributed by atoms with Crippen molar-refractivity contribution in [2.75, 3.05) is 17.2 Å². The normalized spacial score (nSPS) is 10.6. The molecule has 2 N–H and O–H groups in total. The molecule has 0 aliphatic carbocycles. The lowest BCUT2D eigenvalue weighted by Crippen LogP contribution is -2.10. The minimum Gasteiger partial charge on any atom is -0.370 e. The average Bonchev–Trinajstić information content (AvgIpc) is 2.88. The summed E-state index contributed by atoms with van der Waals surface area (Å²) in [5, 5.41) is 6.66. The van der Waals surface area contributed by atoms with Crippen LogP contribution in [-0.4, -0.2) is 26.1 Å². The Labute approximate surface area is 126 Å². The summed E-state index contributed by atoms with van der Waals surface area (Å²) in [5.74, 6) is 3.59. The van der Waals surface area contributed by atoms with Gasteiger partial charge in [-0.2, -0.15) is 0 Å². The molecule has 0 aromatic carbocycles. The van der Waals surface area contributed by atoms with E-state index in [1.807, 2.05) is 23.9 Å². The standard InChI is InChI=1S/C15H24N6/c1-4-6-12-19-13(16-7-5-2)10-14(20-12)18-11-15-17-8-9-21(15)3/h8-10H,4-7,11H2,1-3H3,(H2,16,18,19,20). The number of aryl methyl sites for hydroxylation is 2. The number of aromatic nitrogens is 4. The summed E-state index contributed by atoms with van der Waals surface area (Å²) >= 11 is 0. The number of hydrogen-bond acceptors (Lipinski definition) is 5. The fraction of sp³-hybridized carbons (Fsp3) is 0.533. The Morgan fingerprint density at radius 3 is 2.48 bits per heavy atom. The van der Waals surface area contributed by atoms with E-state index in [1.54, 1.807) is 6.20 Å². The minimum atomic E-state index is 0.652. The molecule has 0 atom stereocenters. The van der Waals surface area contributed by atoms with E-state index in [2.05, 4.69) is 39.4 Å². The van der Waals surface area contributed by atoms with Crippen molar-refractivity contribution in [2.24, 2.45) is 7.05 Å². The topological polar surface area (TPSA) is 67.7 Å². The van der Waals surface area contributed by atoms with Crippen molar-refractivity contribution in [2.45, 2.75) is 39.7 Å². The van der Waals surface area contributed by atoms with E-state index in [-0.39, 0.29) is 0 Å². The van der Waals surface area contributed by atoms with Gasteiger partial charge in [0.2, 0.25) is 0 Å². The van der Waals surface area contributed by atoms with Crippen LogP contribution in [0.3, 0.4) is 0 Å². The molecule has 0 saturated carbocycles. The Hall–Kier alpha value is -2.11. The molecule has 114 valence electrons. The average molecular weight is 288 g/mol.